The lowest BCUT2D eigenvalue weighted by atomic mass is 10.0. The average molecular weight is 622 g/mol. The zero-order valence-electron chi connectivity index (χ0n) is 23.7. The predicted octanol–water partition coefficient (Wildman–Crippen LogP) is 5.20. The number of hydrogen-bond donors (Lipinski definition) is 1. The first kappa shape index (κ1) is 31.9. The summed E-state index contributed by atoms with van der Waals surface area (Å²) in [6.07, 6.45) is 1.21. The molecule has 10 heteroatoms. The summed E-state index contributed by atoms with van der Waals surface area (Å²) in [7, 11) is -3.80. The lowest BCUT2D eigenvalue weighted by Crippen LogP contribution is -2.53. The topological polar surface area (TPSA) is 86.8 Å². The number of amides is 2. The van der Waals surface area contributed by atoms with Crippen LogP contribution in [0, 0.1) is 5.82 Å². The second kappa shape index (κ2) is 14.9. The lowest BCUT2D eigenvalue weighted by Gasteiger charge is -2.33. The van der Waals surface area contributed by atoms with Crippen LogP contribution in [-0.2, 0) is 45.7 Å². The number of nitrogens with zero attached hydrogens (tertiary/aromatic N) is 2. The highest BCUT2D eigenvalue weighted by Crippen LogP contribution is 2.19. The highest BCUT2D eigenvalue weighted by Gasteiger charge is 2.33. The SMILES string of the molecule is CS(=O)(=O)N(CC(=O)N(Cc1ccc(F)cc1)C(Cc1ccccc1)C(=O)NCc1ccccc1Cl)Cc1ccccc1. The van der Waals surface area contributed by atoms with Gasteiger partial charge in [0.2, 0.25) is 21.8 Å². The van der Waals surface area contributed by atoms with Gasteiger partial charge in [0, 0.05) is 31.1 Å². The summed E-state index contributed by atoms with van der Waals surface area (Å²) < 4.78 is 40.4. The summed E-state index contributed by atoms with van der Waals surface area (Å²) >= 11 is 6.31. The quantitative estimate of drug-likeness (QED) is 0.222. The van der Waals surface area contributed by atoms with Crippen LogP contribution in [-0.4, -0.2) is 48.3 Å². The summed E-state index contributed by atoms with van der Waals surface area (Å²) in [5, 5.41) is 3.40. The Balaban J connectivity index is 1.68. The minimum atomic E-state index is -3.80. The van der Waals surface area contributed by atoms with Gasteiger partial charge in [0.1, 0.15) is 11.9 Å². The summed E-state index contributed by atoms with van der Waals surface area (Å²) in [6.45, 7) is -0.416. The van der Waals surface area contributed by atoms with Crippen molar-refractivity contribution in [1.82, 2.24) is 14.5 Å². The van der Waals surface area contributed by atoms with E-state index < -0.39 is 40.2 Å². The first-order valence-corrected chi connectivity index (χ1v) is 15.9. The zero-order chi connectivity index (χ0) is 30.8. The second-order valence-corrected chi connectivity index (χ2v) is 12.6. The van der Waals surface area contributed by atoms with Crippen molar-refractivity contribution in [3.05, 3.63) is 142 Å². The van der Waals surface area contributed by atoms with Crippen LogP contribution in [0.2, 0.25) is 5.02 Å². The van der Waals surface area contributed by atoms with Crippen molar-refractivity contribution in [3.8, 4) is 0 Å². The number of halogens is 2. The molecule has 7 nitrogen and oxygen atoms in total. The third-order valence-electron chi connectivity index (χ3n) is 6.93. The molecule has 0 radical (unpaired) electrons. The van der Waals surface area contributed by atoms with Crippen molar-refractivity contribution < 1.29 is 22.4 Å². The van der Waals surface area contributed by atoms with Gasteiger partial charge in [0.25, 0.3) is 0 Å². The van der Waals surface area contributed by atoms with Crippen LogP contribution in [0.4, 0.5) is 4.39 Å². The number of nitrogens with one attached hydrogen (secondary N) is 1. The van der Waals surface area contributed by atoms with E-state index in [4.69, 9.17) is 11.6 Å². The van der Waals surface area contributed by atoms with Gasteiger partial charge in [-0.15, -0.1) is 0 Å². The van der Waals surface area contributed by atoms with Gasteiger partial charge in [-0.2, -0.15) is 4.31 Å². The van der Waals surface area contributed by atoms with Crippen LogP contribution in [0.1, 0.15) is 22.3 Å². The Morgan fingerprint density at radius 1 is 0.791 bits per heavy atom. The number of rotatable bonds is 13. The molecule has 4 aromatic carbocycles. The fraction of sp³-hybridized carbons (Fsp3) is 0.212. The van der Waals surface area contributed by atoms with E-state index in [9.17, 15) is 22.4 Å². The van der Waals surface area contributed by atoms with Gasteiger partial charge in [-0.3, -0.25) is 9.59 Å². The fourth-order valence-corrected chi connectivity index (χ4v) is 5.53. The Labute approximate surface area is 257 Å². The summed E-state index contributed by atoms with van der Waals surface area (Å²) in [5.74, 6) is -1.45. The van der Waals surface area contributed by atoms with Crippen LogP contribution < -0.4 is 5.32 Å². The molecule has 4 aromatic rings. The molecule has 4 rings (SSSR count). The van der Waals surface area contributed by atoms with Gasteiger partial charge in [0.15, 0.2) is 0 Å². The van der Waals surface area contributed by atoms with E-state index >= 15 is 0 Å². The molecular formula is C33H33ClFN3O4S. The molecule has 0 aromatic heterocycles. The van der Waals surface area contributed by atoms with Gasteiger partial charge in [0.05, 0.1) is 12.8 Å². The Morgan fingerprint density at radius 3 is 1.95 bits per heavy atom. The van der Waals surface area contributed by atoms with E-state index in [1.807, 2.05) is 42.5 Å². The molecule has 2 amide bonds. The molecule has 0 fully saturated rings. The maximum absolute atomic E-state index is 14.1. The monoisotopic (exact) mass is 621 g/mol. The first-order chi connectivity index (χ1) is 20.6. The van der Waals surface area contributed by atoms with E-state index in [-0.39, 0.29) is 26.1 Å². The van der Waals surface area contributed by atoms with Crippen LogP contribution in [0.15, 0.2) is 109 Å². The molecule has 0 saturated carbocycles. The van der Waals surface area contributed by atoms with Crippen molar-refractivity contribution in [2.75, 3.05) is 12.8 Å². The summed E-state index contributed by atoms with van der Waals surface area (Å²) in [4.78, 5) is 29.3. The molecule has 1 N–H and O–H groups in total. The lowest BCUT2D eigenvalue weighted by molar-refractivity contribution is -0.141. The van der Waals surface area contributed by atoms with Crippen molar-refractivity contribution in [2.24, 2.45) is 0 Å². The first-order valence-electron chi connectivity index (χ1n) is 13.7. The fourth-order valence-electron chi connectivity index (χ4n) is 4.60. The Morgan fingerprint density at radius 2 is 1.35 bits per heavy atom. The van der Waals surface area contributed by atoms with Gasteiger partial charge < -0.3 is 10.2 Å². The molecule has 0 heterocycles. The highest BCUT2D eigenvalue weighted by atomic mass is 35.5. The standard InChI is InChI=1S/C33H33ClFN3O4S/c1-43(41,42)37(22-26-12-6-3-7-13-26)24-32(39)38(23-27-16-18-29(35)19-17-27)31(20-25-10-4-2-5-11-25)33(40)36-21-28-14-8-9-15-30(28)34/h2-19,31H,20-24H2,1H3,(H,36,40). The maximum atomic E-state index is 14.1. The Hall–Kier alpha value is -4.05. The molecule has 0 bridgehead atoms. The largest absolute Gasteiger partial charge is 0.350 e. The number of carbonyl (C=O) groups is 2. The van der Waals surface area contributed by atoms with Gasteiger partial charge in [-0.1, -0.05) is 103 Å². The van der Waals surface area contributed by atoms with E-state index in [1.54, 1.807) is 42.5 Å². The van der Waals surface area contributed by atoms with E-state index in [1.165, 1.54) is 29.2 Å². The molecule has 0 aliphatic rings. The number of sulfonamides is 1. The number of carbonyl (C=O) groups excluding carboxylic acids is 2. The van der Waals surface area contributed by atoms with E-state index in [0.29, 0.717) is 21.7 Å². The van der Waals surface area contributed by atoms with Crippen LogP contribution in [0.3, 0.4) is 0 Å². The van der Waals surface area contributed by atoms with Crippen LogP contribution >= 0.6 is 11.6 Å². The molecule has 0 aliphatic heterocycles. The minimum Gasteiger partial charge on any atom is -0.350 e. The summed E-state index contributed by atoms with van der Waals surface area (Å²) in [6, 6.07) is 29.9. The normalized spacial score (nSPS) is 12.1. The van der Waals surface area contributed by atoms with Gasteiger partial charge >= 0.3 is 0 Å². The van der Waals surface area contributed by atoms with Gasteiger partial charge in [-0.05, 0) is 40.5 Å². The van der Waals surface area contributed by atoms with Crippen molar-refractivity contribution in [1.29, 1.82) is 0 Å². The van der Waals surface area contributed by atoms with E-state index in [2.05, 4.69) is 5.32 Å². The highest BCUT2D eigenvalue weighted by molar-refractivity contribution is 7.88. The van der Waals surface area contributed by atoms with Crippen LogP contribution in [0.25, 0.3) is 0 Å². The second-order valence-electron chi connectivity index (χ2n) is 10.2. The Kier molecular flexibility index (Phi) is 11.1. The number of hydrogen-bond acceptors (Lipinski definition) is 4. The summed E-state index contributed by atoms with van der Waals surface area (Å²) in [5.41, 5.74) is 2.81. The van der Waals surface area contributed by atoms with Crippen molar-refractivity contribution in [2.45, 2.75) is 32.1 Å². The molecule has 1 atom stereocenters. The molecule has 43 heavy (non-hydrogen) atoms. The molecule has 1 unspecified atom stereocenters. The number of benzene rings is 4. The average Bonchev–Trinajstić information content (AvgIpc) is 2.99. The molecule has 0 spiro atoms. The zero-order valence-corrected chi connectivity index (χ0v) is 25.3. The maximum Gasteiger partial charge on any atom is 0.243 e. The van der Waals surface area contributed by atoms with E-state index in [0.717, 1.165) is 16.1 Å². The smallest absolute Gasteiger partial charge is 0.243 e. The molecule has 0 saturated heterocycles. The third kappa shape index (κ3) is 9.47. The third-order valence-corrected chi connectivity index (χ3v) is 8.50. The Bertz CT molecular complexity index is 1620. The van der Waals surface area contributed by atoms with Crippen molar-refractivity contribution >= 4 is 33.4 Å². The molecule has 224 valence electrons. The minimum absolute atomic E-state index is 0.0160. The predicted molar refractivity (Wildman–Crippen MR) is 166 cm³/mol. The van der Waals surface area contributed by atoms with Crippen molar-refractivity contribution in [3.63, 3.8) is 0 Å². The van der Waals surface area contributed by atoms with Crippen LogP contribution in [0.5, 0.6) is 0 Å². The molecular weight excluding hydrogens is 589 g/mol. The van der Waals surface area contributed by atoms with Gasteiger partial charge in [-0.25, -0.2) is 12.8 Å². The molecule has 0 aliphatic carbocycles.